The highest BCUT2D eigenvalue weighted by atomic mass is 35.5. The van der Waals surface area contributed by atoms with Crippen LogP contribution in [0, 0.1) is 10.1 Å². The number of nitrogens with zero attached hydrogens (tertiary/aromatic N) is 1. The Kier molecular flexibility index (Phi) is 3.74. The summed E-state index contributed by atoms with van der Waals surface area (Å²) >= 11 is 5.74. The maximum atomic E-state index is 12.1. The standard InChI is InChI=1S/C12H8ClNO3S/c13-9-1-5-11(6-2-9)18(17)12-7-3-10(4-8-12)14(15)16/h1-8H. The fourth-order valence-corrected chi connectivity index (χ4v) is 2.55. The number of hydrogen-bond acceptors (Lipinski definition) is 3. The van der Waals surface area contributed by atoms with E-state index in [-0.39, 0.29) is 5.69 Å². The second-order valence-electron chi connectivity index (χ2n) is 3.47. The molecule has 1 unspecified atom stereocenters. The van der Waals surface area contributed by atoms with E-state index in [0.717, 1.165) is 0 Å². The molecule has 0 aliphatic carbocycles. The van der Waals surface area contributed by atoms with Gasteiger partial charge in [-0.05, 0) is 36.4 Å². The maximum absolute atomic E-state index is 12.1. The smallest absolute Gasteiger partial charge is 0.258 e. The molecule has 0 saturated heterocycles. The van der Waals surface area contributed by atoms with Crippen LogP contribution in [-0.4, -0.2) is 9.13 Å². The van der Waals surface area contributed by atoms with Gasteiger partial charge in [0.25, 0.3) is 5.69 Å². The molecule has 0 fully saturated rings. The van der Waals surface area contributed by atoms with Crippen LogP contribution in [0.1, 0.15) is 0 Å². The largest absolute Gasteiger partial charge is 0.269 e. The molecule has 4 nitrogen and oxygen atoms in total. The van der Waals surface area contributed by atoms with Gasteiger partial charge in [0.15, 0.2) is 0 Å². The molecule has 0 aliphatic heterocycles. The molecule has 0 radical (unpaired) electrons. The second kappa shape index (κ2) is 5.29. The SMILES string of the molecule is O=[N+]([O-])c1ccc(S(=O)c2ccc(Cl)cc2)cc1. The summed E-state index contributed by atoms with van der Waals surface area (Å²) in [7, 11) is -1.36. The van der Waals surface area contributed by atoms with Crippen molar-refractivity contribution in [2.75, 3.05) is 0 Å². The normalized spacial score (nSPS) is 12.1. The van der Waals surface area contributed by atoms with E-state index < -0.39 is 15.7 Å². The van der Waals surface area contributed by atoms with Gasteiger partial charge < -0.3 is 0 Å². The summed E-state index contributed by atoms with van der Waals surface area (Å²) < 4.78 is 12.1. The molecule has 6 heteroatoms. The summed E-state index contributed by atoms with van der Waals surface area (Å²) in [4.78, 5) is 11.1. The van der Waals surface area contributed by atoms with E-state index in [1.807, 2.05) is 0 Å². The van der Waals surface area contributed by atoms with Crippen molar-refractivity contribution in [2.45, 2.75) is 9.79 Å². The van der Waals surface area contributed by atoms with Crippen LogP contribution < -0.4 is 0 Å². The molecule has 1 atom stereocenters. The van der Waals surface area contributed by atoms with Gasteiger partial charge in [-0.3, -0.25) is 10.1 Å². The Morgan fingerprint density at radius 1 is 0.944 bits per heavy atom. The molecule has 0 heterocycles. The van der Waals surface area contributed by atoms with Crippen LogP contribution in [0.25, 0.3) is 0 Å². The molecule has 92 valence electrons. The minimum Gasteiger partial charge on any atom is -0.258 e. The second-order valence-corrected chi connectivity index (χ2v) is 5.39. The number of non-ortho nitro benzene ring substituents is 1. The molecule has 0 amide bonds. The van der Waals surface area contributed by atoms with Crippen molar-refractivity contribution < 1.29 is 9.13 Å². The Balaban J connectivity index is 2.28. The average Bonchev–Trinajstić information content (AvgIpc) is 2.39. The lowest BCUT2D eigenvalue weighted by atomic mass is 10.3. The van der Waals surface area contributed by atoms with E-state index in [0.29, 0.717) is 14.8 Å². The lowest BCUT2D eigenvalue weighted by Crippen LogP contribution is -1.93. The highest BCUT2D eigenvalue weighted by molar-refractivity contribution is 7.85. The monoisotopic (exact) mass is 281 g/mol. The maximum Gasteiger partial charge on any atom is 0.269 e. The van der Waals surface area contributed by atoms with E-state index in [4.69, 9.17) is 11.6 Å². The molecule has 2 aromatic rings. The Hall–Kier alpha value is -1.72. The lowest BCUT2D eigenvalue weighted by molar-refractivity contribution is -0.384. The first kappa shape index (κ1) is 12.7. The predicted molar refractivity (Wildman–Crippen MR) is 69.2 cm³/mol. The molecule has 0 spiro atoms. The van der Waals surface area contributed by atoms with Crippen LogP contribution in [0.2, 0.25) is 5.02 Å². The molecule has 2 rings (SSSR count). The van der Waals surface area contributed by atoms with E-state index in [9.17, 15) is 14.3 Å². The van der Waals surface area contributed by atoms with Gasteiger partial charge in [-0.15, -0.1) is 0 Å². The van der Waals surface area contributed by atoms with Gasteiger partial charge in [-0.2, -0.15) is 0 Å². The molecule has 0 bridgehead atoms. The summed E-state index contributed by atoms with van der Waals surface area (Å²) in [6.07, 6.45) is 0. The summed E-state index contributed by atoms with van der Waals surface area (Å²) in [6, 6.07) is 12.3. The Morgan fingerprint density at radius 2 is 1.39 bits per heavy atom. The van der Waals surface area contributed by atoms with Crippen LogP contribution in [0.15, 0.2) is 58.3 Å². The summed E-state index contributed by atoms with van der Waals surface area (Å²) in [5.74, 6) is 0. The number of nitro groups is 1. The topological polar surface area (TPSA) is 60.2 Å². The number of benzene rings is 2. The Labute approximate surface area is 111 Å². The van der Waals surface area contributed by atoms with Crippen molar-refractivity contribution in [3.63, 3.8) is 0 Å². The van der Waals surface area contributed by atoms with Gasteiger partial charge in [0, 0.05) is 26.9 Å². The van der Waals surface area contributed by atoms with Crippen LogP contribution in [0.5, 0.6) is 0 Å². The van der Waals surface area contributed by atoms with Crippen molar-refractivity contribution in [3.05, 3.63) is 63.7 Å². The third-order valence-electron chi connectivity index (χ3n) is 2.29. The molecule has 2 aromatic carbocycles. The van der Waals surface area contributed by atoms with Gasteiger partial charge in [0.2, 0.25) is 0 Å². The van der Waals surface area contributed by atoms with E-state index >= 15 is 0 Å². The molecule has 0 aliphatic rings. The fourth-order valence-electron chi connectivity index (χ4n) is 1.39. The van der Waals surface area contributed by atoms with Gasteiger partial charge in [0.1, 0.15) is 0 Å². The average molecular weight is 282 g/mol. The van der Waals surface area contributed by atoms with Crippen molar-refractivity contribution in [3.8, 4) is 0 Å². The van der Waals surface area contributed by atoms with Gasteiger partial charge in [-0.1, -0.05) is 11.6 Å². The molecular formula is C12H8ClNO3S. The first-order valence-corrected chi connectivity index (χ1v) is 6.52. The molecule has 0 N–H and O–H groups in total. The zero-order chi connectivity index (χ0) is 13.1. The minimum absolute atomic E-state index is 0.0214. The van der Waals surface area contributed by atoms with Crippen molar-refractivity contribution in [2.24, 2.45) is 0 Å². The van der Waals surface area contributed by atoms with Gasteiger partial charge >= 0.3 is 0 Å². The highest BCUT2D eigenvalue weighted by Crippen LogP contribution is 2.20. The lowest BCUT2D eigenvalue weighted by Gasteiger charge is -2.02. The molecule has 0 saturated carbocycles. The summed E-state index contributed by atoms with van der Waals surface area (Å²) in [5, 5.41) is 11.1. The van der Waals surface area contributed by atoms with Crippen molar-refractivity contribution in [1.29, 1.82) is 0 Å². The van der Waals surface area contributed by atoms with Crippen LogP contribution in [0.3, 0.4) is 0 Å². The minimum atomic E-state index is -1.36. The zero-order valence-corrected chi connectivity index (χ0v) is 10.6. The molecule has 0 aromatic heterocycles. The van der Waals surface area contributed by atoms with Crippen molar-refractivity contribution >= 4 is 28.1 Å². The van der Waals surface area contributed by atoms with E-state index in [1.165, 1.54) is 24.3 Å². The number of halogens is 1. The third kappa shape index (κ3) is 2.75. The van der Waals surface area contributed by atoms with Gasteiger partial charge in [0.05, 0.1) is 15.7 Å². The highest BCUT2D eigenvalue weighted by Gasteiger charge is 2.10. The first-order valence-electron chi connectivity index (χ1n) is 5.00. The predicted octanol–water partition coefficient (Wildman–Crippen LogP) is 3.41. The van der Waals surface area contributed by atoms with Crippen LogP contribution in [0.4, 0.5) is 5.69 Å². The van der Waals surface area contributed by atoms with E-state index in [1.54, 1.807) is 24.3 Å². The van der Waals surface area contributed by atoms with Crippen LogP contribution in [-0.2, 0) is 10.8 Å². The number of nitro benzene ring substituents is 1. The Morgan fingerprint density at radius 3 is 1.83 bits per heavy atom. The third-order valence-corrected chi connectivity index (χ3v) is 3.94. The van der Waals surface area contributed by atoms with Crippen LogP contribution >= 0.6 is 11.6 Å². The summed E-state index contributed by atoms with van der Waals surface area (Å²) in [6.45, 7) is 0. The quantitative estimate of drug-likeness (QED) is 0.640. The molecular weight excluding hydrogens is 274 g/mol. The molecule has 18 heavy (non-hydrogen) atoms. The Bertz CT molecular complexity index is 596. The number of hydrogen-bond donors (Lipinski definition) is 0. The van der Waals surface area contributed by atoms with Gasteiger partial charge in [-0.25, -0.2) is 4.21 Å². The summed E-state index contributed by atoms with van der Waals surface area (Å²) in [5.41, 5.74) is -0.0214. The van der Waals surface area contributed by atoms with E-state index in [2.05, 4.69) is 0 Å². The van der Waals surface area contributed by atoms with Crippen molar-refractivity contribution in [1.82, 2.24) is 0 Å². The number of rotatable bonds is 3. The fraction of sp³-hybridized carbons (Fsp3) is 0. The first-order chi connectivity index (χ1) is 8.58. The zero-order valence-electron chi connectivity index (χ0n) is 9.08.